The van der Waals surface area contributed by atoms with Gasteiger partial charge in [0.15, 0.2) is 6.23 Å². The summed E-state index contributed by atoms with van der Waals surface area (Å²) in [7, 11) is -17.0. The number of H-pyrrole nitrogens is 1. The van der Waals surface area contributed by atoms with E-state index in [1.807, 2.05) is 0 Å². The summed E-state index contributed by atoms with van der Waals surface area (Å²) in [4.78, 5) is 115. The van der Waals surface area contributed by atoms with Gasteiger partial charge >= 0.3 is 35.4 Å². The number of aliphatic hydroxyl groups excluding tert-OH is 1. The molecule has 3 amide bonds. The van der Waals surface area contributed by atoms with Gasteiger partial charge < -0.3 is 85.1 Å². The van der Waals surface area contributed by atoms with Crippen molar-refractivity contribution in [3.05, 3.63) is 103 Å². The number of nitrogen functional groups attached to an aromatic ring is 1. The minimum absolute atomic E-state index is 0.0299. The highest BCUT2D eigenvalue weighted by Gasteiger charge is 2.43. The lowest BCUT2D eigenvalue weighted by Gasteiger charge is -2.19. The van der Waals surface area contributed by atoms with Crippen LogP contribution in [0.2, 0.25) is 0 Å². The Bertz CT molecular complexity index is 3060. The summed E-state index contributed by atoms with van der Waals surface area (Å²) in [5, 5.41) is 40.1. The molecule has 3 unspecified atom stereocenters. The second kappa shape index (κ2) is 25.8. The fourth-order valence-electron chi connectivity index (χ4n) is 6.51. The van der Waals surface area contributed by atoms with Crippen molar-refractivity contribution in [1.29, 1.82) is 0 Å². The molecule has 398 valence electrons. The smallest absolute Gasteiger partial charge is 0.490 e. The first kappa shape index (κ1) is 57.9. The van der Waals surface area contributed by atoms with E-state index in [9.17, 15) is 67.6 Å². The lowest BCUT2D eigenvalue weighted by molar-refractivity contribution is -0.126. The molecule has 4 aromatic rings. The monoisotopic (exact) mass is 1100 g/mol. The average molecular weight is 1100 g/mol. The second-order valence-corrected chi connectivity index (χ2v) is 19.4. The molecule has 1 saturated heterocycles. The number of hydrogen-bond donors (Lipinski definition) is 12. The highest BCUT2D eigenvalue weighted by Crippen LogP contribution is 2.66. The number of fused-ring (bicyclic) bond motifs is 1. The molecule has 35 heteroatoms. The molecule has 3 heterocycles. The summed E-state index contributed by atoms with van der Waals surface area (Å²) in [6.45, 7) is -2.41. The molecule has 32 nitrogen and oxygen atoms in total. The lowest BCUT2D eigenvalue weighted by atomic mass is 10.1. The number of nitrogens with zero attached hydrogens (tertiary/aromatic N) is 4. The van der Waals surface area contributed by atoms with E-state index in [2.05, 4.69) is 55.9 Å². The Hall–Kier alpha value is -7.00. The maximum atomic E-state index is 13.0. The van der Waals surface area contributed by atoms with E-state index in [0.29, 0.717) is 0 Å². The third-order valence-corrected chi connectivity index (χ3v) is 13.4. The van der Waals surface area contributed by atoms with E-state index in [-0.39, 0.29) is 85.0 Å². The summed E-state index contributed by atoms with van der Waals surface area (Å²) >= 11 is 0. The number of carbonyl (C=O) groups excluding carboxylic acids is 3. The van der Waals surface area contributed by atoms with Gasteiger partial charge in [0.25, 0.3) is 17.4 Å². The molecule has 1 fully saturated rings. The van der Waals surface area contributed by atoms with Crippen molar-refractivity contribution in [3.63, 3.8) is 0 Å². The number of aromatic amines is 1. The molecular weight excluding hydrogens is 1060 g/mol. The fraction of sp³-hybridized carbons (Fsp3) is 0.333. The van der Waals surface area contributed by atoms with Crippen LogP contribution in [0.25, 0.3) is 21.3 Å². The topological polar surface area (TPSA) is 491 Å². The van der Waals surface area contributed by atoms with Crippen molar-refractivity contribution >= 4 is 69.8 Å². The maximum absolute atomic E-state index is 13.0. The molecule has 2 aromatic heterocycles. The van der Waals surface area contributed by atoms with Crippen LogP contribution in [0.1, 0.15) is 59.6 Å². The summed E-state index contributed by atoms with van der Waals surface area (Å²) in [5.41, 5.74) is 13.7. The Balaban J connectivity index is 1.04. The number of anilines is 1. The van der Waals surface area contributed by atoms with Crippen molar-refractivity contribution in [2.24, 2.45) is 5.11 Å². The van der Waals surface area contributed by atoms with Gasteiger partial charge in [0.05, 0.1) is 60.1 Å². The van der Waals surface area contributed by atoms with Crippen LogP contribution in [0, 0.1) is 11.8 Å². The van der Waals surface area contributed by atoms with Crippen LogP contribution in [-0.4, -0.2) is 145 Å². The minimum Gasteiger partial charge on any atom is -0.491 e. The molecule has 0 bridgehead atoms. The minimum atomic E-state index is -5.80. The molecule has 6 atom stereocenters. The van der Waals surface area contributed by atoms with Gasteiger partial charge in [-0.3, -0.25) is 23.7 Å². The predicted octanol–water partition coefficient (Wildman–Crippen LogP) is 0.676. The van der Waals surface area contributed by atoms with Gasteiger partial charge in [-0.1, -0.05) is 23.0 Å². The van der Waals surface area contributed by atoms with Gasteiger partial charge in [-0.2, -0.15) is 8.62 Å². The maximum Gasteiger partial charge on any atom is 0.490 e. The summed E-state index contributed by atoms with van der Waals surface area (Å²) in [6.07, 6.45) is -3.89. The average Bonchev–Trinajstić information content (AvgIpc) is 3.87. The first-order valence-electron chi connectivity index (χ1n) is 20.9. The van der Waals surface area contributed by atoms with Crippen LogP contribution in [0.3, 0.4) is 0 Å². The van der Waals surface area contributed by atoms with Crippen molar-refractivity contribution in [3.8, 4) is 17.6 Å². The number of benzene rings is 2. The number of nitrogens with two attached hydrogens (primary N) is 1. The summed E-state index contributed by atoms with van der Waals surface area (Å²) < 4.78 is 70.2. The number of amides is 3. The van der Waals surface area contributed by atoms with Crippen molar-refractivity contribution < 1.29 is 105 Å². The standard InChI is InChI=1S/C39H44N9O23P3/c40-30-15-27-34(37(53)45-30)22(17-48(27)33-16-28(49)29(69-33)18-68-73(61,62)71-74(63,64)70-72(58,59)60)4-2-6-42-31(50)19-65-9-10-66-32(46-47-41)20-67-26-5-1-3-21(14-26)35(51)43-7-8-44-36(52)23-11-24(38(54)55)13-25(12-23)39(56)57/h1,3,5,11-15,17,28-29,32-33,49H,6-10,16,18-20H2,(H,42,50)(H,43,51)(H,44,52)(H,54,55)(H,56,57)(H,61,62)(H,63,64)(H3,40,45,53)(H2,58,59,60)/t28-,29+,32?,33+/m0/s1. The zero-order chi connectivity index (χ0) is 54.4. The molecule has 0 spiro atoms. The van der Waals surface area contributed by atoms with Crippen molar-refractivity contribution in [2.75, 3.05) is 58.4 Å². The van der Waals surface area contributed by atoms with Crippen molar-refractivity contribution in [2.45, 2.75) is 31.1 Å². The molecular formula is C39H44N9O23P3. The highest BCUT2D eigenvalue weighted by molar-refractivity contribution is 7.66. The Morgan fingerprint density at radius 3 is 2.23 bits per heavy atom. The van der Waals surface area contributed by atoms with Crippen LogP contribution >= 0.6 is 23.5 Å². The van der Waals surface area contributed by atoms with E-state index in [1.54, 1.807) is 0 Å². The van der Waals surface area contributed by atoms with Gasteiger partial charge in [-0.05, 0) is 41.9 Å². The molecule has 1 aliphatic rings. The Morgan fingerprint density at radius 2 is 1.58 bits per heavy atom. The number of azide groups is 1. The number of carboxylic acids is 2. The van der Waals surface area contributed by atoms with E-state index in [4.69, 9.17) is 40.0 Å². The van der Waals surface area contributed by atoms with Crippen LogP contribution in [0.5, 0.6) is 5.75 Å². The number of aromatic carboxylic acids is 2. The van der Waals surface area contributed by atoms with Gasteiger partial charge in [-0.15, -0.1) is 0 Å². The normalized spacial score (nSPS) is 17.3. The molecule has 2 aromatic carbocycles. The number of carboxylic acid groups (broad SMARTS) is 2. The number of nitrogens with one attached hydrogen (secondary N) is 4. The van der Waals surface area contributed by atoms with Crippen LogP contribution in [0.15, 0.2) is 64.6 Å². The highest BCUT2D eigenvalue weighted by atomic mass is 31.3. The Morgan fingerprint density at radius 1 is 0.919 bits per heavy atom. The summed E-state index contributed by atoms with van der Waals surface area (Å²) in [5.74, 6) is 0.769. The molecule has 13 N–H and O–H groups in total. The number of pyridine rings is 1. The number of phosphoric acid groups is 3. The van der Waals surface area contributed by atoms with Crippen LogP contribution < -0.4 is 32.0 Å². The van der Waals surface area contributed by atoms with E-state index < -0.39 is 108 Å². The quantitative estimate of drug-likeness (QED) is 0.0103. The number of hydrogen-bond acceptors (Lipinski definition) is 19. The summed E-state index contributed by atoms with van der Waals surface area (Å²) in [6, 6.07) is 10.2. The number of aromatic nitrogens is 2. The number of aliphatic hydroxyl groups is 1. The predicted molar refractivity (Wildman–Crippen MR) is 248 cm³/mol. The fourth-order valence-corrected chi connectivity index (χ4v) is 9.54. The van der Waals surface area contributed by atoms with E-state index in [1.165, 1.54) is 41.1 Å². The molecule has 0 saturated carbocycles. The number of carbonyl (C=O) groups is 5. The molecule has 0 radical (unpaired) electrons. The largest absolute Gasteiger partial charge is 0.491 e. The number of rotatable bonds is 26. The van der Waals surface area contributed by atoms with Crippen LogP contribution in [0.4, 0.5) is 5.82 Å². The second-order valence-electron chi connectivity index (χ2n) is 15.0. The zero-order valence-electron chi connectivity index (χ0n) is 37.7. The number of ether oxygens (including phenoxy) is 4. The first-order chi connectivity index (χ1) is 34.8. The van der Waals surface area contributed by atoms with E-state index >= 15 is 0 Å². The van der Waals surface area contributed by atoms with Gasteiger partial charge in [-0.25, -0.2) is 23.3 Å². The van der Waals surface area contributed by atoms with Crippen molar-refractivity contribution in [1.82, 2.24) is 25.5 Å². The van der Waals surface area contributed by atoms with Gasteiger partial charge in [0.2, 0.25) is 5.91 Å². The zero-order valence-corrected chi connectivity index (χ0v) is 40.4. The third-order valence-electron chi connectivity index (χ3n) is 9.60. The Kier molecular flexibility index (Phi) is 20.2. The molecule has 0 aliphatic carbocycles. The molecule has 74 heavy (non-hydrogen) atoms. The van der Waals surface area contributed by atoms with E-state index in [0.717, 1.165) is 18.2 Å². The Labute approximate surface area is 414 Å². The van der Waals surface area contributed by atoms with Gasteiger partial charge in [0.1, 0.15) is 37.1 Å². The first-order valence-corrected chi connectivity index (χ1v) is 25.4. The molecule has 1 aliphatic heterocycles. The lowest BCUT2D eigenvalue weighted by Crippen LogP contribution is -2.34. The van der Waals surface area contributed by atoms with Crippen LogP contribution in [-0.2, 0) is 45.8 Å². The SMILES string of the molecule is [N-]=[N+]=NC(COc1cccc(C(=O)NCCNC(=O)c2cc(C(=O)O)cc(C(=O)O)c2)c1)OCCOCC(=O)NCC#Cc1cn([C@H]2C[C@H](O)[C@@H](COP(=O)(O)OP(=O)(O)OP(=O)(O)O)O2)c2cc(N)[nH]c(=O)c12. The third kappa shape index (κ3) is 17.6. The molecule has 5 rings (SSSR count). The number of phosphoric ester groups is 1. The van der Waals surface area contributed by atoms with Gasteiger partial charge in [0, 0.05) is 47.8 Å².